The maximum Gasteiger partial charge on any atom is 0.346 e. The van der Waals surface area contributed by atoms with Gasteiger partial charge in [0.15, 0.2) is 0 Å². The average Bonchev–Trinajstić information content (AvgIpc) is 2.94. The number of aryl methyl sites for hydroxylation is 1. The molecule has 2 aromatic carbocycles. The summed E-state index contributed by atoms with van der Waals surface area (Å²) in [6.45, 7) is 0.387. The first-order valence-corrected chi connectivity index (χ1v) is 10.7. The van der Waals surface area contributed by atoms with E-state index in [0.717, 1.165) is 31.7 Å². The number of methoxy groups -OCH3 is 1. The van der Waals surface area contributed by atoms with Crippen LogP contribution in [0.15, 0.2) is 47.3 Å². The lowest BCUT2D eigenvalue weighted by Crippen LogP contribution is -2.30. The molecule has 1 aliphatic heterocycles. The molecule has 10 heteroatoms. The lowest BCUT2D eigenvalue weighted by atomic mass is 10.2. The topological polar surface area (TPSA) is 107 Å². The molecule has 3 aromatic rings. The van der Waals surface area contributed by atoms with Gasteiger partial charge < -0.3 is 15.4 Å². The van der Waals surface area contributed by atoms with Gasteiger partial charge in [0.05, 0.1) is 12.8 Å². The number of hydrogen-bond donors (Lipinski definition) is 2. The van der Waals surface area contributed by atoms with Gasteiger partial charge in [0, 0.05) is 24.2 Å². The molecule has 172 valence electrons. The molecular formula is C23H24FN5O4. The molecule has 4 rings (SSSR count). The van der Waals surface area contributed by atoms with Crippen LogP contribution in [0.3, 0.4) is 0 Å². The molecule has 2 amide bonds. The first-order valence-electron chi connectivity index (χ1n) is 10.7. The molecule has 0 saturated heterocycles. The summed E-state index contributed by atoms with van der Waals surface area (Å²) < 4.78 is 21.5. The second kappa shape index (κ2) is 9.68. The number of aromatic nitrogens is 3. The molecule has 0 atom stereocenters. The molecule has 0 aliphatic carbocycles. The first kappa shape index (κ1) is 22.3. The summed E-state index contributed by atoms with van der Waals surface area (Å²) in [6, 6.07) is 10.0. The van der Waals surface area contributed by atoms with Crippen molar-refractivity contribution in [2.24, 2.45) is 0 Å². The van der Waals surface area contributed by atoms with E-state index in [1.807, 2.05) is 0 Å². The number of benzene rings is 2. The highest BCUT2D eigenvalue weighted by atomic mass is 19.1. The van der Waals surface area contributed by atoms with Crippen LogP contribution in [-0.2, 0) is 24.3 Å². The molecule has 0 fully saturated rings. The third-order valence-electron chi connectivity index (χ3n) is 5.39. The van der Waals surface area contributed by atoms with Crippen LogP contribution in [0.5, 0.6) is 5.75 Å². The Bertz CT molecular complexity index is 1250. The van der Waals surface area contributed by atoms with Crippen LogP contribution in [0.25, 0.3) is 0 Å². The number of ether oxygens (including phenoxy) is 1. The summed E-state index contributed by atoms with van der Waals surface area (Å²) in [6.07, 6.45) is 3.66. The maximum absolute atomic E-state index is 13.4. The third kappa shape index (κ3) is 5.11. The zero-order valence-electron chi connectivity index (χ0n) is 18.1. The number of anilines is 2. The van der Waals surface area contributed by atoms with Crippen LogP contribution in [0, 0.1) is 5.82 Å². The summed E-state index contributed by atoms with van der Waals surface area (Å²) in [5.74, 6) is -0.411. The van der Waals surface area contributed by atoms with Gasteiger partial charge in [-0.2, -0.15) is 5.10 Å². The molecule has 1 aliphatic rings. The first-order chi connectivity index (χ1) is 15.9. The number of nitrogens with one attached hydrogen (secondary N) is 2. The molecular weight excluding hydrogens is 429 g/mol. The van der Waals surface area contributed by atoms with Crippen LogP contribution in [0.2, 0.25) is 0 Å². The Balaban J connectivity index is 1.48. The maximum atomic E-state index is 13.4. The van der Waals surface area contributed by atoms with E-state index in [4.69, 9.17) is 4.74 Å². The Morgan fingerprint density at radius 3 is 2.76 bits per heavy atom. The molecule has 0 bridgehead atoms. The Morgan fingerprint density at radius 2 is 1.97 bits per heavy atom. The predicted octanol–water partition coefficient (Wildman–Crippen LogP) is 2.81. The minimum absolute atomic E-state index is 0.144. The fourth-order valence-electron chi connectivity index (χ4n) is 3.77. The van der Waals surface area contributed by atoms with E-state index in [0.29, 0.717) is 29.5 Å². The number of rotatable bonds is 6. The van der Waals surface area contributed by atoms with Crippen molar-refractivity contribution in [2.75, 3.05) is 17.7 Å². The van der Waals surface area contributed by atoms with Crippen molar-refractivity contribution >= 4 is 23.2 Å². The Kier molecular flexibility index (Phi) is 6.53. The summed E-state index contributed by atoms with van der Waals surface area (Å²) in [5.41, 5.74) is 0.546. The molecule has 0 spiro atoms. The van der Waals surface area contributed by atoms with Gasteiger partial charge in [0.2, 0.25) is 5.91 Å². The normalized spacial score (nSPS) is 13.0. The van der Waals surface area contributed by atoms with Gasteiger partial charge in [-0.25, -0.2) is 13.9 Å². The second-order valence-corrected chi connectivity index (χ2v) is 7.75. The summed E-state index contributed by atoms with van der Waals surface area (Å²) in [4.78, 5) is 37.6. The Hall–Kier alpha value is -3.95. The van der Waals surface area contributed by atoms with Crippen molar-refractivity contribution in [1.29, 1.82) is 0 Å². The highest BCUT2D eigenvalue weighted by Crippen LogP contribution is 2.28. The zero-order valence-corrected chi connectivity index (χ0v) is 18.1. The summed E-state index contributed by atoms with van der Waals surface area (Å²) in [5, 5.41) is 9.69. The Morgan fingerprint density at radius 1 is 1.12 bits per heavy atom. The van der Waals surface area contributed by atoms with Crippen molar-refractivity contribution in [2.45, 2.75) is 38.8 Å². The van der Waals surface area contributed by atoms with E-state index < -0.39 is 17.6 Å². The van der Waals surface area contributed by atoms with Crippen molar-refractivity contribution in [3.63, 3.8) is 0 Å². The predicted molar refractivity (Wildman–Crippen MR) is 120 cm³/mol. The van der Waals surface area contributed by atoms with E-state index >= 15 is 0 Å². The van der Waals surface area contributed by atoms with E-state index in [-0.39, 0.29) is 17.8 Å². The molecule has 0 unspecified atom stereocenters. The lowest BCUT2D eigenvalue weighted by molar-refractivity contribution is -0.117. The molecule has 9 nitrogen and oxygen atoms in total. The van der Waals surface area contributed by atoms with Gasteiger partial charge in [0.25, 0.3) is 5.91 Å². The third-order valence-corrected chi connectivity index (χ3v) is 5.39. The number of halogens is 1. The van der Waals surface area contributed by atoms with Crippen molar-refractivity contribution in [3.05, 3.63) is 70.2 Å². The molecule has 2 N–H and O–H groups in total. The number of carbonyl (C=O) groups excluding carboxylic acids is 2. The average molecular weight is 453 g/mol. The van der Waals surface area contributed by atoms with Crippen LogP contribution >= 0.6 is 0 Å². The number of hydrogen-bond acceptors (Lipinski definition) is 5. The minimum atomic E-state index is -0.526. The quantitative estimate of drug-likeness (QED) is 0.597. The summed E-state index contributed by atoms with van der Waals surface area (Å²) in [7, 11) is 1.45. The SMILES string of the molecule is COc1ccc(NC(=O)Cn2nc3n(c2=O)CCCCC3)cc1NC(=O)c1cccc(F)c1. The lowest BCUT2D eigenvalue weighted by Gasteiger charge is -2.13. The summed E-state index contributed by atoms with van der Waals surface area (Å²) >= 11 is 0. The number of fused-ring (bicyclic) bond motifs is 1. The van der Waals surface area contributed by atoms with Gasteiger partial charge in [-0.3, -0.25) is 14.2 Å². The van der Waals surface area contributed by atoms with Crippen LogP contribution < -0.4 is 21.1 Å². The van der Waals surface area contributed by atoms with E-state index in [2.05, 4.69) is 15.7 Å². The number of carbonyl (C=O) groups is 2. The fourth-order valence-corrected chi connectivity index (χ4v) is 3.77. The number of nitrogens with zero attached hydrogens (tertiary/aromatic N) is 3. The molecule has 0 saturated carbocycles. The zero-order chi connectivity index (χ0) is 23.4. The molecule has 33 heavy (non-hydrogen) atoms. The van der Waals surface area contributed by atoms with Crippen LogP contribution in [-0.4, -0.2) is 33.3 Å². The monoisotopic (exact) mass is 453 g/mol. The second-order valence-electron chi connectivity index (χ2n) is 7.75. The standard InChI is InChI=1S/C23H24FN5O4/c1-33-19-10-9-17(13-18(19)26-22(31)15-6-5-7-16(24)12-15)25-21(30)14-29-23(32)28-11-4-2-3-8-20(28)27-29/h5-7,9-10,12-13H,2-4,8,11,14H2,1H3,(H,25,30)(H,26,31). The van der Waals surface area contributed by atoms with Gasteiger partial charge in [-0.15, -0.1) is 0 Å². The van der Waals surface area contributed by atoms with Crippen molar-refractivity contribution in [1.82, 2.24) is 14.3 Å². The highest BCUT2D eigenvalue weighted by molar-refractivity contribution is 6.05. The molecule has 0 radical (unpaired) electrons. The van der Waals surface area contributed by atoms with Gasteiger partial charge >= 0.3 is 5.69 Å². The van der Waals surface area contributed by atoms with Crippen LogP contribution in [0.1, 0.15) is 35.4 Å². The van der Waals surface area contributed by atoms with Gasteiger partial charge in [-0.05, 0) is 49.2 Å². The highest BCUT2D eigenvalue weighted by Gasteiger charge is 2.18. The van der Waals surface area contributed by atoms with E-state index in [1.165, 1.54) is 36.1 Å². The van der Waals surface area contributed by atoms with Gasteiger partial charge in [-0.1, -0.05) is 12.5 Å². The van der Waals surface area contributed by atoms with Crippen molar-refractivity contribution < 1.29 is 18.7 Å². The van der Waals surface area contributed by atoms with Crippen molar-refractivity contribution in [3.8, 4) is 5.75 Å². The molecule has 2 heterocycles. The van der Waals surface area contributed by atoms with E-state index in [9.17, 15) is 18.8 Å². The fraction of sp³-hybridized carbons (Fsp3) is 0.304. The van der Waals surface area contributed by atoms with Gasteiger partial charge in [0.1, 0.15) is 23.9 Å². The largest absolute Gasteiger partial charge is 0.495 e. The van der Waals surface area contributed by atoms with Crippen LogP contribution in [0.4, 0.5) is 15.8 Å². The van der Waals surface area contributed by atoms with E-state index in [1.54, 1.807) is 16.7 Å². The number of amides is 2. The smallest absolute Gasteiger partial charge is 0.346 e. The molecule has 1 aromatic heterocycles. The minimum Gasteiger partial charge on any atom is -0.495 e. The Labute approximate surface area is 189 Å².